The summed E-state index contributed by atoms with van der Waals surface area (Å²) in [6.45, 7) is 2.10. The van der Waals surface area contributed by atoms with Gasteiger partial charge in [0.25, 0.3) is 5.56 Å². The summed E-state index contributed by atoms with van der Waals surface area (Å²) in [6, 6.07) is 17.5. The minimum absolute atomic E-state index is 0.0958. The van der Waals surface area contributed by atoms with Gasteiger partial charge in [0.2, 0.25) is 0 Å². The number of aromatic nitrogens is 4. The van der Waals surface area contributed by atoms with Gasteiger partial charge in [0.15, 0.2) is 10.8 Å². The van der Waals surface area contributed by atoms with Gasteiger partial charge in [-0.3, -0.25) is 14.0 Å². The Labute approximate surface area is 166 Å². The van der Waals surface area contributed by atoms with Crippen molar-refractivity contribution in [3.8, 4) is 11.4 Å². The molecule has 6 nitrogen and oxygen atoms in total. The van der Waals surface area contributed by atoms with Crippen LogP contribution in [-0.4, -0.2) is 26.4 Å². The lowest BCUT2D eigenvalue weighted by atomic mass is 10.2. The summed E-state index contributed by atoms with van der Waals surface area (Å²) < 4.78 is 8.53. The van der Waals surface area contributed by atoms with Crippen molar-refractivity contribution >= 4 is 22.8 Å². The Kier molecular flexibility index (Phi) is 4.92. The van der Waals surface area contributed by atoms with E-state index in [0.717, 1.165) is 17.0 Å². The van der Waals surface area contributed by atoms with Crippen molar-refractivity contribution in [1.29, 1.82) is 0 Å². The lowest BCUT2D eigenvalue weighted by molar-refractivity contribution is 0.414. The second-order valence-corrected chi connectivity index (χ2v) is 7.72. The molecule has 1 atom stereocenters. The highest BCUT2D eigenvalue weighted by molar-refractivity contribution is 7.99. The molecule has 2 aromatic heterocycles. The number of rotatable bonds is 5. The fourth-order valence-electron chi connectivity index (χ4n) is 3.05. The first-order chi connectivity index (χ1) is 13.6. The van der Waals surface area contributed by atoms with E-state index >= 15 is 0 Å². The highest BCUT2D eigenvalue weighted by Crippen LogP contribution is 2.35. The average Bonchev–Trinajstić information content (AvgIpc) is 3.10. The summed E-state index contributed by atoms with van der Waals surface area (Å²) in [4.78, 5) is 18.0. The molecule has 0 spiro atoms. The van der Waals surface area contributed by atoms with Gasteiger partial charge in [0.05, 0.1) is 19.0 Å². The molecule has 7 heteroatoms. The minimum Gasteiger partial charge on any atom is -0.497 e. The molecular weight excluding hydrogens is 372 g/mol. The molecule has 0 aliphatic rings. The number of thioether (sulfide) groups is 1. The number of nitrogens with zero attached hydrogens (tertiary/aromatic N) is 4. The maximum absolute atomic E-state index is 13.2. The summed E-state index contributed by atoms with van der Waals surface area (Å²) in [5.74, 6) is 0.816. The lowest BCUT2D eigenvalue weighted by Crippen LogP contribution is -2.22. The van der Waals surface area contributed by atoms with Gasteiger partial charge in [-0.05, 0) is 36.8 Å². The summed E-state index contributed by atoms with van der Waals surface area (Å²) in [5, 5.41) is 5.44. The third-order valence-corrected chi connectivity index (χ3v) is 5.73. The van der Waals surface area contributed by atoms with Crippen molar-refractivity contribution in [1.82, 2.24) is 19.3 Å². The largest absolute Gasteiger partial charge is 0.497 e. The van der Waals surface area contributed by atoms with Crippen molar-refractivity contribution in [2.75, 3.05) is 7.11 Å². The smallest absolute Gasteiger partial charge is 0.269 e. The first-order valence-electron chi connectivity index (χ1n) is 8.89. The summed E-state index contributed by atoms with van der Waals surface area (Å²) in [7, 11) is 3.45. The summed E-state index contributed by atoms with van der Waals surface area (Å²) >= 11 is 1.54. The summed E-state index contributed by atoms with van der Waals surface area (Å²) in [5.41, 5.74) is 2.38. The number of fused-ring (bicyclic) bond motifs is 1. The van der Waals surface area contributed by atoms with Crippen LogP contribution in [0.5, 0.6) is 5.75 Å². The van der Waals surface area contributed by atoms with E-state index in [4.69, 9.17) is 9.72 Å². The molecule has 28 heavy (non-hydrogen) atoms. The van der Waals surface area contributed by atoms with Crippen LogP contribution in [-0.2, 0) is 7.05 Å². The normalized spacial score (nSPS) is 12.2. The topological polar surface area (TPSA) is 61.9 Å². The Balaban J connectivity index is 1.82. The molecule has 2 heterocycles. The second kappa shape index (κ2) is 7.52. The summed E-state index contributed by atoms with van der Waals surface area (Å²) in [6.07, 6.45) is 1.57. The first-order valence-corrected chi connectivity index (χ1v) is 9.77. The van der Waals surface area contributed by atoms with Crippen LogP contribution in [0.25, 0.3) is 16.7 Å². The Morgan fingerprint density at radius 1 is 1.07 bits per heavy atom. The lowest BCUT2D eigenvalue weighted by Gasteiger charge is -2.16. The van der Waals surface area contributed by atoms with Gasteiger partial charge in [-0.25, -0.2) is 4.98 Å². The number of hydrogen-bond donors (Lipinski definition) is 0. The van der Waals surface area contributed by atoms with Crippen molar-refractivity contribution in [3.05, 3.63) is 76.7 Å². The van der Waals surface area contributed by atoms with Gasteiger partial charge in [-0.1, -0.05) is 42.1 Å². The zero-order valence-electron chi connectivity index (χ0n) is 15.9. The van der Waals surface area contributed by atoms with Gasteiger partial charge < -0.3 is 4.74 Å². The molecule has 2 aromatic carbocycles. The monoisotopic (exact) mass is 392 g/mol. The molecule has 0 amide bonds. The molecule has 4 aromatic rings. The van der Waals surface area contributed by atoms with Crippen LogP contribution in [0, 0.1) is 0 Å². The van der Waals surface area contributed by atoms with Crippen LogP contribution in [0.3, 0.4) is 0 Å². The number of aryl methyl sites for hydroxylation is 1. The predicted octanol–water partition coefficient (Wildman–Crippen LogP) is 3.98. The Hall–Kier alpha value is -3.06. The van der Waals surface area contributed by atoms with E-state index in [1.807, 2.05) is 54.6 Å². The third kappa shape index (κ3) is 3.29. The predicted molar refractivity (Wildman–Crippen MR) is 111 cm³/mol. The van der Waals surface area contributed by atoms with Crippen LogP contribution >= 0.6 is 11.8 Å². The molecule has 4 rings (SSSR count). The number of benzene rings is 2. The van der Waals surface area contributed by atoms with Crippen molar-refractivity contribution in [2.24, 2.45) is 7.05 Å². The standard InChI is InChI=1S/C21H20N4O2S/c1-14(15-9-11-17(27-3)12-10-15)28-21-23-19-18(13-22-24(19)2)20(26)25(21)16-7-5-4-6-8-16/h4-14H,1-3H3. The fraction of sp³-hybridized carbons (Fsp3) is 0.190. The number of ether oxygens (including phenoxy) is 1. The van der Waals surface area contributed by atoms with E-state index < -0.39 is 0 Å². The molecular formula is C21H20N4O2S. The molecule has 0 bridgehead atoms. The van der Waals surface area contributed by atoms with E-state index in [0.29, 0.717) is 16.2 Å². The Morgan fingerprint density at radius 3 is 2.46 bits per heavy atom. The molecule has 0 aliphatic carbocycles. The molecule has 0 saturated heterocycles. The molecule has 0 N–H and O–H groups in total. The van der Waals surface area contributed by atoms with Crippen molar-refractivity contribution in [2.45, 2.75) is 17.3 Å². The SMILES string of the molecule is COc1ccc(C(C)Sc2nc3c(cnn3C)c(=O)n2-c2ccccc2)cc1. The van der Waals surface area contributed by atoms with E-state index in [9.17, 15) is 4.79 Å². The number of methoxy groups -OCH3 is 1. The van der Waals surface area contributed by atoms with Crippen LogP contribution in [0.4, 0.5) is 0 Å². The third-order valence-electron chi connectivity index (χ3n) is 4.62. The molecule has 0 aliphatic heterocycles. The number of para-hydroxylation sites is 1. The molecule has 0 fully saturated rings. The number of hydrogen-bond acceptors (Lipinski definition) is 5. The quantitative estimate of drug-likeness (QED) is 0.380. The molecule has 142 valence electrons. The van der Waals surface area contributed by atoms with Gasteiger partial charge in [-0.15, -0.1) is 0 Å². The fourth-order valence-corrected chi connectivity index (χ4v) is 4.09. The Morgan fingerprint density at radius 2 is 1.79 bits per heavy atom. The maximum Gasteiger partial charge on any atom is 0.269 e. The van der Waals surface area contributed by atoms with Crippen molar-refractivity contribution in [3.63, 3.8) is 0 Å². The molecule has 0 radical (unpaired) electrons. The highest BCUT2D eigenvalue weighted by Gasteiger charge is 2.18. The van der Waals surface area contributed by atoms with Crippen LogP contribution in [0.2, 0.25) is 0 Å². The van der Waals surface area contributed by atoms with Crippen LogP contribution in [0.15, 0.2) is 70.7 Å². The van der Waals surface area contributed by atoms with Gasteiger partial charge in [0, 0.05) is 12.3 Å². The van der Waals surface area contributed by atoms with E-state index in [1.165, 1.54) is 0 Å². The molecule has 0 saturated carbocycles. The van der Waals surface area contributed by atoms with E-state index in [2.05, 4.69) is 12.0 Å². The van der Waals surface area contributed by atoms with Crippen molar-refractivity contribution < 1.29 is 4.74 Å². The van der Waals surface area contributed by atoms with E-state index in [1.54, 1.807) is 41.4 Å². The zero-order valence-corrected chi connectivity index (χ0v) is 16.7. The second-order valence-electron chi connectivity index (χ2n) is 6.41. The van der Waals surface area contributed by atoms with Gasteiger partial charge in [-0.2, -0.15) is 5.10 Å². The van der Waals surface area contributed by atoms with E-state index in [-0.39, 0.29) is 10.8 Å². The molecule has 1 unspecified atom stereocenters. The van der Waals surface area contributed by atoms with Crippen LogP contribution < -0.4 is 10.3 Å². The van der Waals surface area contributed by atoms with Gasteiger partial charge >= 0.3 is 0 Å². The van der Waals surface area contributed by atoms with Gasteiger partial charge in [0.1, 0.15) is 11.1 Å². The Bertz CT molecular complexity index is 1170. The van der Waals surface area contributed by atoms with Crippen LogP contribution in [0.1, 0.15) is 17.7 Å². The highest BCUT2D eigenvalue weighted by atomic mass is 32.2. The maximum atomic E-state index is 13.2. The average molecular weight is 392 g/mol. The zero-order chi connectivity index (χ0) is 19.7. The minimum atomic E-state index is -0.117. The first kappa shape index (κ1) is 18.3.